The predicted molar refractivity (Wildman–Crippen MR) is 97.2 cm³/mol. The molecule has 6 heteroatoms. The van der Waals surface area contributed by atoms with Gasteiger partial charge in [-0.1, -0.05) is 12.1 Å². The molecule has 2 aromatic carbocycles. The van der Waals surface area contributed by atoms with Crippen LogP contribution in [0.4, 0.5) is 4.39 Å². The van der Waals surface area contributed by atoms with Gasteiger partial charge in [-0.3, -0.25) is 0 Å². The summed E-state index contributed by atoms with van der Waals surface area (Å²) in [7, 11) is 0. The van der Waals surface area contributed by atoms with Gasteiger partial charge in [0.1, 0.15) is 11.6 Å². The minimum atomic E-state index is -0.210. The van der Waals surface area contributed by atoms with Gasteiger partial charge in [0.05, 0.1) is 15.6 Å². The first-order chi connectivity index (χ1) is 10.1. The van der Waals surface area contributed by atoms with Gasteiger partial charge in [-0.15, -0.1) is 12.4 Å². The van der Waals surface area contributed by atoms with Crippen molar-refractivity contribution in [1.82, 2.24) is 5.32 Å². The number of hydrogen-bond donors (Lipinski definition) is 1. The molecule has 0 amide bonds. The standard InChI is InChI=1S/C16H16Br2FNO.ClH/c1-2-21-16-14(17)7-12(8-15(16)18)10-20-9-11-3-5-13(19)6-4-11;/h3-8,20H,2,9-10H2,1H3;1H. The zero-order valence-electron chi connectivity index (χ0n) is 12.0. The van der Waals surface area contributed by atoms with Crippen LogP contribution in [0, 0.1) is 5.82 Å². The fraction of sp³-hybridized carbons (Fsp3) is 0.250. The highest BCUT2D eigenvalue weighted by Crippen LogP contribution is 2.34. The third kappa shape index (κ3) is 5.54. The van der Waals surface area contributed by atoms with Gasteiger partial charge in [0.15, 0.2) is 0 Å². The molecule has 1 N–H and O–H groups in total. The highest BCUT2D eigenvalue weighted by molar-refractivity contribution is 9.11. The normalized spacial score (nSPS) is 10.2. The molecule has 2 nitrogen and oxygen atoms in total. The van der Waals surface area contributed by atoms with Gasteiger partial charge in [0.2, 0.25) is 0 Å². The van der Waals surface area contributed by atoms with Crippen molar-refractivity contribution in [2.75, 3.05) is 6.61 Å². The fourth-order valence-electron chi connectivity index (χ4n) is 1.95. The maximum atomic E-state index is 12.8. The Hall–Kier alpha value is -0.620. The summed E-state index contributed by atoms with van der Waals surface area (Å²) in [5.74, 6) is 0.609. The lowest BCUT2D eigenvalue weighted by atomic mass is 10.2. The lowest BCUT2D eigenvalue weighted by molar-refractivity contribution is 0.336. The summed E-state index contributed by atoms with van der Waals surface area (Å²) >= 11 is 7.04. The Morgan fingerprint density at radius 2 is 1.55 bits per heavy atom. The van der Waals surface area contributed by atoms with E-state index in [4.69, 9.17) is 4.74 Å². The van der Waals surface area contributed by atoms with E-state index in [2.05, 4.69) is 37.2 Å². The molecule has 0 aromatic heterocycles. The monoisotopic (exact) mass is 451 g/mol. The minimum absolute atomic E-state index is 0. The smallest absolute Gasteiger partial charge is 0.147 e. The van der Waals surface area contributed by atoms with Gasteiger partial charge >= 0.3 is 0 Å². The van der Waals surface area contributed by atoms with Crippen molar-refractivity contribution in [1.29, 1.82) is 0 Å². The minimum Gasteiger partial charge on any atom is -0.492 e. The summed E-state index contributed by atoms with van der Waals surface area (Å²) in [4.78, 5) is 0. The van der Waals surface area contributed by atoms with E-state index in [1.165, 1.54) is 12.1 Å². The van der Waals surface area contributed by atoms with Crippen molar-refractivity contribution >= 4 is 44.3 Å². The topological polar surface area (TPSA) is 21.3 Å². The molecule has 0 aliphatic carbocycles. The average Bonchev–Trinajstić information content (AvgIpc) is 2.45. The van der Waals surface area contributed by atoms with Crippen molar-refractivity contribution in [3.05, 3.63) is 62.3 Å². The first kappa shape index (κ1) is 19.4. The van der Waals surface area contributed by atoms with Crippen LogP contribution in [0.5, 0.6) is 5.75 Å². The Kier molecular flexibility index (Phi) is 8.39. The Bertz CT molecular complexity index is 585. The van der Waals surface area contributed by atoms with Gasteiger partial charge in [-0.2, -0.15) is 0 Å². The molecule has 0 saturated carbocycles. The summed E-state index contributed by atoms with van der Waals surface area (Å²) in [6.07, 6.45) is 0. The Morgan fingerprint density at radius 1 is 1.00 bits per heavy atom. The summed E-state index contributed by atoms with van der Waals surface area (Å²) < 4.78 is 20.2. The predicted octanol–water partition coefficient (Wildman–Crippen LogP) is 5.46. The quantitative estimate of drug-likeness (QED) is 0.627. The average molecular weight is 454 g/mol. The van der Waals surface area contributed by atoms with Gasteiger partial charge in [-0.25, -0.2) is 4.39 Å². The zero-order chi connectivity index (χ0) is 15.2. The number of ether oxygens (including phenoxy) is 1. The van der Waals surface area contributed by atoms with Crippen LogP contribution >= 0.6 is 44.3 Å². The van der Waals surface area contributed by atoms with Crippen LogP contribution in [0.25, 0.3) is 0 Å². The molecule has 0 spiro atoms. The molecule has 0 aliphatic rings. The highest BCUT2D eigenvalue weighted by Gasteiger charge is 2.08. The zero-order valence-corrected chi connectivity index (χ0v) is 16.0. The maximum absolute atomic E-state index is 12.8. The van der Waals surface area contributed by atoms with E-state index in [0.717, 1.165) is 32.4 Å². The lowest BCUT2D eigenvalue weighted by Gasteiger charge is -2.11. The molecular formula is C16H17Br2ClFNO. The van der Waals surface area contributed by atoms with Crippen LogP contribution in [-0.2, 0) is 13.1 Å². The highest BCUT2D eigenvalue weighted by atomic mass is 79.9. The van der Waals surface area contributed by atoms with E-state index in [1.807, 2.05) is 19.1 Å². The Balaban J connectivity index is 0.00000242. The van der Waals surface area contributed by atoms with Crippen LogP contribution in [0.2, 0.25) is 0 Å². The van der Waals surface area contributed by atoms with E-state index in [0.29, 0.717) is 13.2 Å². The van der Waals surface area contributed by atoms with Crippen molar-refractivity contribution in [3.63, 3.8) is 0 Å². The third-order valence-corrected chi connectivity index (χ3v) is 4.10. The summed E-state index contributed by atoms with van der Waals surface area (Å²) in [6, 6.07) is 10.6. The largest absolute Gasteiger partial charge is 0.492 e. The van der Waals surface area contributed by atoms with Gasteiger partial charge in [-0.05, 0) is 74.2 Å². The van der Waals surface area contributed by atoms with Crippen molar-refractivity contribution in [3.8, 4) is 5.75 Å². The molecular weight excluding hydrogens is 436 g/mol. The van der Waals surface area contributed by atoms with E-state index in [-0.39, 0.29) is 18.2 Å². The van der Waals surface area contributed by atoms with Gasteiger partial charge < -0.3 is 10.1 Å². The first-order valence-electron chi connectivity index (χ1n) is 6.66. The molecule has 0 heterocycles. The molecule has 0 atom stereocenters. The number of benzene rings is 2. The Morgan fingerprint density at radius 3 is 2.09 bits per heavy atom. The molecule has 0 unspecified atom stereocenters. The number of rotatable bonds is 6. The molecule has 0 bridgehead atoms. The van der Waals surface area contributed by atoms with Crippen LogP contribution in [0.3, 0.4) is 0 Å². The molecule has 2 aromatic rings. The van der Waals surface area contributed by atoms with Crippen molar-refractivity contribution in [2.45, 2.75) is 20.0 Å². The molecule has 120 valence electrons. The van der Waals surface area contributed by atoms with Crippen LogP contribution in [0.1, 0.15) is 18.1 Å². The number of hydrogen-bond acceptors (Lipinski definition) is 2. The molecule has 0 fully saturated rings. The summed E-state index contributed by atoms with van der Waals surface area (Å²) in [5, 5.41) is 3.34. The third-order valence-electron chi connectivity index (χ3n) is 2.92. The second-order valence-electron chi connectivity index (χ2n) is 4.55. The molecule has 0 saturated heterocycles. The second kappa shape index (κ2) is 9.50. The van der Waals surface area contributed by atoms with E-state index < -0.39 is 0 Å². The SMILES string of the molecule is CCOc1c(Br)cc(CNCc2ccc(F)cc2)cc1Br.Cl. The molecule has 22 heavy (non-hydrogen) atoms. The van der Waals surface area contributed by atoms with Crippen LogP contribution < -0.4 is 10.1 Å². The van der Waals surface area contributed by atoms with E-state index in [1.54, 1.807) is 12.1 Å². The van der Waals surface area contributed by atoms with Crippen molar-refractivity contribution in [2.24, 2.45) is 0 Å². The summed E-state index contributed by atoms with van der Waals surface area (Å²) in [5.41, 5.74) is 2.19. The van der Waals surface area contributed by atoms with E-state index in [9.17, 15) is 4.39 Å². The molecule has 2 rings (SSSR count). The van der Waals surface area contributed by atoms with Gasteiger partial charge in [0, 0.05) is 13.1 Å². The first-order valence-corrected chi connectivity index (χ1v) is 8.24. The van der Waals surface area contributed by atoms with Crippen LogP contribution in [0.15, 0.2) is 45.3 Å². The maximum Gasteiger partial charge on any atom is 0.147 e. The number of nitrogens with one attached hydrogen (secondary N) is 1. The number of halogens is 4. The van der Waals surface area contributed by atoms with Crippen LogP contribution in [-0.4, -0.2) is 6.61 Å². The molecule has 0 aliphatic heterocycles. The fourth-order valence-corrected chi connectivity index (χ4v) is 3.46. The Labute approximate surface area is 153 Å². The van der Waals surface area contributed by atoms with E-state index >= 15 is 0 Å². The molecule has 0 radical (unpaired) electrons. The van der Waals surface area contributed by atoms with Crippen molar-refractivity contribution < 1.29 is 9.13 Å². The van der Waals surface area contributed by atoms with Gasteiger partial charge in [0.25, 0.3) is 0 Å². The lowest BCUT2D eigenvalue weighted by Crippen LogP contribution is -2.12. The second-order valence-corrected chi connectivity index (χ2v) is 6.26. The summed E-state index contributed by atoms with van der Waals surface area (Å²) in [6.45, 7) is 4.00.